The summed E-state index contributed by atoms with van der Waals surface area (Å²) in [6.07, 6.45) is -0.0484. The summed E-state index contributed by atoms with van der Waals surface area (Å²) in [6, 6.07) is 0. The molecule has 1 amide bonds. The van der Waals surface area contributed by atoms with Gasteiger partial charge in [-0.2, -0.15) is 0 Å². The van der Waals surface area contributed by atoms with E-state index in [4.69, 9.17) is 4.43 Å². The van der Waals surface area contributed by atoms with Crippen LogP contribution < -0.4 is 5.32 Å². The molecule has 0 aromatic carbocycles. The lowest BCUT2D eigenvalue weighted by atomic mass is 10.2. The van der Waals surface area contributed by atoms with Gasteiger partial charge >= 0.3 is 0 Å². The molecule has 4 nitrogen and oxygen atoms in total. The maximum atomic E-state index is 11.3. The van der Waals surface area contributed by atoms with Crippen molar-refractivity contribution in [3.8, 4) is 0 Å². The normalized spacial score (nSPS) is 14.1. The van der Waals surface area contributed by atoms with E-state index in [1.54, 1.807) is 6.92 Å². The van der Waals surface area contributed by atoms with E-state index in [-0.39, 0.29) is 10.9 Å². The third kappa shape index (κ3) is 6.89. The Balaban J connectivity index is 3.98. The summed E-state index contributed by atoms with van der Waals surface area (Å²) in [5, 5.41) is 12.7. The molecule has 0 aliphatic heterocycles. The molecule has 1 unspecified atom stereocenters. The van der Waals surface area contributed by atoms with E-state index >= 15 is 0 Å². The molecule has 0 aliphatic rings. The molecule has 1 atom stereocenters. The van der Waals surface area contributed by atoms with Crippen LogP contribution in [0.5, 0.6) is 0 Å². The minimum Gasteiger partial charge on any atom is -0.414 e. The van der Waals surface area contributed by atoms with E-state index in [1.807, 2.05) is 0 Å². The quantitative estimate of drug-likeness (QED) is 0.558. The molecule has 5 heteroatoms. The molecule has 0 heterocycles. The van der Waals surface area contributed by atoms with Gasteiger partial charge in [0.1, 0.15) is 0 Å². The minimum atomic E-state index is -1.81. The Morgan fingerprint density at radius 2 is 1.95 bits per heavy atom. The first-order valence-corrected chi connectivity index (χ1v) is 9.64. The van der Waals surface area contributed by atoms with Crippen LogP contribution in [0.25, 0.3) is 0 Å². The van der Waals surface area contributed by atoms with Crippen molar-refractivity contribution in [2.75, 3.05) is 13.2 Å². The smallest absolute Gasteiger partial charge is 0.246 e. The Morgan fingerprint density at radius 3 is 2.37 bits per heavy atom. The Hall–Kier alpha value is -0.653. The number of carbonyl (C=O) groups is 1. The number of amides is 1. The lowest BCUT2D eigenvalue weighted by molar-refractivity contribution is -0.117. The molecule has 19 heavy (non-hydrogen) atoms. The monoisotopic (exact) mass is 287 g/mol. The van der Waals surface area contributed by atoms with E-state index in [9.17, 15) is 9.90 Å². The molecule has 0 radical (unpaired) electrons. The number of aliphatic hydroxyl groups excluding tert-OH is 1. The molecule has 0 fully saturated rings. The van der Waals surface area contributed by atoms with Crippen molar-refractivity contribution < 1.29 is 14.3 Å². The van der Waals surface area contributed by atoms with Crippen LogP contribution >= 0.6 is 0 Å². The van der Waals surface area contributed by atoms with Crippen LogP contribution in [0.3, 0.4) is 0 Å². The van der Waals surface area contributed by atoms with Crippen molar-refractivity contribution in [1.82, 2.24) is 5.32 Å². The lowest BCUT2D eigenvalue weighted by Crippen LogP contribution is -2.43. The molecule has 0 aliphatic carbocycles. The number of hydrogen-bond donors (Lipinski definition) is 2. The fraction of sp³-hybridized carbons (Fsp3) is 0.786. The molecule has 0 aromatic heterocycles. The molecule has 0 rings (SSSR count). The number of aliphatic hydroxyl groups is 1. The van der Waals surface area contributed by atoms with Gasteiger partial charge in [-0.25, -0.2) is 0 Å². The summed E-state index contributed by atoms with van der Waals surface area (Å²) in [4.78, 5) is 11.3. The Bertz CT molecular complexity index is 321. The molecule has 0 bridgehead atoms. The third-order valence-electron chi connectivity index (χ3n) is 3.59. The van der Waals surface area contributed by atoms with Gasteiger partial charge in [-0.05, 0) is 31.5 Å². The van der Waals surface area contributed by atoms with Crippen LogP contribution in [-0.4, -0.2) is 38.6 Å². The number of carbonyl (C=O) groups excluding carboxylic acids is 1. The number of hydrogen-bond acceptors (Lipinski definition) is 3. The maximum absolute atomic E-state index is 11.3. The van der Waals surface area contributed by atoms with Crippen LogP contribution in [0.15, 0.2) is 12.2 Å². The number of rotatable bonds is 7. The number of nitrogens with one attached hydrogen (secondary N) is 1. The Labute approximate surface area is 118 Å². The molecule has 112 valence electrons. The molecule has 0 saturated heterocycles. The van der Waals surface area contributed by atoms with E-state index in [2.05, 4.69) is 45.8 Å². The van der Waals surface area contributed by atoms with Crippen LogP contribution in [0.2, 0.25) is 18.1 Å². The van der Waals surface area contributed by atoms with Gasteiger partial charge in [0.25, 0.3) is 0 Å². The van der Waals surface area contributed by atoms with Crippen molar-refractivity contribution in [2.45, 2.75) is 58.4 Å². The second-order valence-electron chi connectivity index (χ2n) is 6.55. The summed E-state index contributed by atoms with van der Waals surface area (Å²) in [5.74, 6) is -0.169. The van der Waals surface area contributed by atoms with Gasteiger partial charge in [-0.3, -0.25) is 4.79 Å². The highest BCUT2D eigenvalue weighted by Crippen LogP contribution is 2.36. The zero-order chi connectivity index (χ0) is 15.3. The van der Waals surface area contributed by atoms with Crippen molar-refractivity contribution in [2.24, 2.45) is 0 Å². The van der Waals surface area contributed by atoms with Gasteiger partial charge in [0.2, 0.25) is 5.91 Å². The first-order chi connectivity index (χ1) is 8.47. The van der Waals surface area contributed by atoms with Crippen LogP contribution in [0.1, 0.15) is 34.1 Å². The zero-order valence-electron chi connectivity index (χ0n) is 13.2. The first kappa shape index (κ1) is 18.3. The topological polar surface area (TPSA) is 58.6 Å². The van der Waals surface area contributed by atoms with Gasteiger partial charge < -0.3 is 14.8 Å². The fourth-order valence-corrected chi connectivity index (χ4v) is 2.15. The maximum Gasteiger partial charge on any atom is 0.246 e. The Kier molecular flexibility index (Phi) is 6.97. The molecule has 0 aromatic rings. The highest BCUT2D eigenvalue weighted by molar-refractivity contribution is 6.74. The van der Waals surface area contributed by atoms with Crippen LogP contribution in [-0.2, 0) is 9.22 Å². The largest absolute Gasteiger partial charge is 0.414 e. The van der Waals surface area contributed by atoms with Crippen LogP contribution in [0, 0.1) is 0 Å². The summed E-state index contributed by atoms with van der Waals surface area (Å²) < 4.78 is 5.92. The van der Waals surface area contributed by atoms with E-state index < -0.39 is 14.4 Å². The SMILES string of the molecule is C=C(C)C(=O)NCCC(O)CO[Si](C)(C)C(C)(C)C. The fourth-order valence-electron chi connectivity index (χ4n) is 1.11. The average molecular weight is 287 g/mol. The molecular weight excluding hydrogens is 258 g/mol. The predicted octanol–water partition coefficient (Wildman–Crippen LogP) is 2.45. The Morgan fingerprint density at radius 1 is 1.42 bits per heavy atom. The van der Waals surface area contributed by atoms with Crippen LogP contribution in [0.4, 0.5) is 0 Å². The molecular formula is C14H29NO3Si. The highest BCUT2D eigenvalue weighted by Gasteiger charge is 2.37. The molecule has 0 spiro atoms. The van der Waals surface area contributed by atoms with Gasteiger partial charge in [-0.15, -0.1) is 0 Å². The zero-order valence-corrected chi connectivity index (χ0v) is 14.2. The van der Waals surface area contributed by atoms with E-state index in [1.165, 1.54) is 0 Å². The summed E-state index contributed by atoms with van der Waals surface area (Å²) in [5.41, 5.74) is 0.479. The molecule has 2 N–H and O–H groups in total. The minimum absolute atomic E-state index is 0.140. The average Bonchev–Trinajstić information content (AvgIpc) is 2.24. The standard InChI is InChI=1S/C14H29NO3Si/c1-11(2)13(17)15-9-8-12(16)10-18-19(6,7)14(3,4)5/h12,16H,1,8-10H2,2-7H3,(H,15,17). The summed E-state index contributed by atoms with van der Waals surface area (Å²) in [6.45, 7) is 16.8. The highest BCUT2D eigenvalue weighted by atomic mass is 28.4. The van der Waals surface area contributed by atoms with Crippen molar-refractivity contribution in [1.29, 1.82) is 0 Å². The lowest BCUT2D eigenvalue weighted by Gasteiger charge is -2.36. The van der Waals surface area contributed by atoms with Gasteiger partial charge in [0.05, 0.1) is 12.7 Å². The van der Waals surface area contributed by atoms with Gasteiger partial charge in [0.15, 0.2) is 8.32 Å². The van der Waals surface area contributed by atoms with Crippen molar-refractivity contribution >= 4 is 14.2 Å². The van der Waals surface area contributed by atoms with Crippen molar-refractivity contribution in [3.05, 3.63) is 12.2 Å². The summed E-state index contributed by atoms with van der Waals surface area (Å²) in [7, 11) is -1.81. The van der Waals surface area contributed by atoms with Gasteiger partial charge in [0, 0.05) is 12.1 Å². The molecule has 0 saturated carbocycles. The van der Waals surface area contributed by atoms with E-state index in [0.29, 0.717) is 25.1 Å². The van der Waals surface area contributed by atoms with E-state index in [0.717, 1.165) is 0 Å². The third-order valence-corrected chi connectivity index (χ3v) is 8.09. The van der Waals surface area contributed by atoms with Crippen molar-refractivity contribution in [3.63, 3.8) is 0 Å². The second-order valence-corrected chi connectivity index (χ2v) is 11.4. The summed E-state index contributed by atoms with van der Waals surface area (Å²) >= 11 is 0. The van der Waals surface area contributed by atoms with Gasteiger partial charge in [-0.1, -0.05) is 27.4 Å². The first-order valence-electron chi connectivity index (χ1n) is 6.73. The predicted molar refractivity (Wildman–Crippen MR) is 81.6 cm³/mol. The second kappa shape index (κ2) is 7.22.